The lowest BCUT2D eigenvalue weighted by molar-refractivity contribution is 0.103. The molecule has 6 nitrogen and oxygen atoms in total. The summed E-state index contributed by atoms with van der Waals surface area (Å²) in [5.74, 6) is 1.18. The molecule has 0 radical (unpaired) electrons. The van der Waals surface area contributed by atoms with Gasteiger partial charge in [0.1, 0.15) is 21.4 Å². The molecule has 8 heteroatoms. The monoisotopic (exact) mass is 465 g/mol. The van der Waals surface area contributed by atoms with E-state index in [9.17, 15) is 4.79 Å². The van der Waals surface area contributed by atoms with Crippen molar-refractivity contribution in [2.45, 2.75) is 20.3 Å². The number of thiazole rings is 2. The standard InChI is InChI=1S/C24H23N3O3S2/c1-5-15-6-8-16(9-7-15)23-25-14(2)21(32-23)22(28)27-24-26-19(13-31-24)18-12-17(29-3)10-11-20(18)30-4/h6-13H,5H2,1-4H3,(H,26,27,28). The summed E-state index contributed by atoms with van der Waals surface area (Å²) >= 11 is 2.74. The molecule has 0 unspecified atom stereocenters. The number of rotatable bonds is 7. The maximum Gasteiger partial charge on any atom is 0.269 e. The number of ether oxygens (including phenoxy) is 2. The summed E-state index contributed by atoms with van der Waals surface area (Å²) < 4.78 is 10.8. The molecule has 164 valence electrons. The average Bonchev–Trinajstić information content (AvgIpc) is 3.45. The second-order valence-electron chi connectivity index (χ2n) is 7.04. The summed E-state index contributed by atoms with van der Waals surface area (Å²) in [5, 5.41) is 6.13. The highest BCUT2D eigenvalue weighted by Crippen LogP contribution is 2.35. The predicted octanol–water partition coefficient (Wildman–Crippen LogP) is 6.07. The van der Waals surface area contributed by atoms with E-state index in [2.05, 4.69) is 34.3 Å². The first-order valence-electron chi connectivity index (χ1n) is 10.1. The number of carbonyl (C=O) groups is 1. The molecule has 0 aliphatic carbocycles. The molecule has 32 heavy (non-hydrogen) atoms. The SMILES string of the molecule is CCc1ccc(-c2nc(C)c(C(=O)Nc3nc(-c4cc(OC)ccc4OC)cs3)s2)cc1. The van der Waals surface area contributed by atoms with Crippen molar-refractivity contribution in [2.75, 3.05) is 19.5 Å². The number of hydrogen-bond donors (Lipinski definition) is 1. The van der Waals surface area contributed by atoms with E-state index in [1.165, 1.54) is 28.2 Å². The number of hydrogen-bond acceptors (Lipinski definition) is 7. The Morgan fingerprint density at radius 3 is 2.53 bits per heavy atom. The number of benzene rings is 2. The summed E-state index contributed by atoms with van der Waals surface area (Å²) in [7, 11) is 3.22. The highest BCUT2D eigenvalue weighted by atomic mass is 32.1. The minimum Gasteiger partial charge on any atom is -0.497 e. The lowest BCUT2D eigenvalue weighted by Gasteiger charge is -2.08. The van der Waals surface area contributed by atoms with E-state index < -0.39 is 0 Å². The highest BCUT2D eigenvalue weighted by Gasteiger charge is 2.18. The Balaban J connectivity index is 1.54. The fourth-order valence-corrected chi connectivity index (χ4v) is 4.91. The number of anilines is 1. The molecular formula is C24H23N3O3S2. The van der Waals surface area contributed by atoms with Gasteiger partial charge in [-0.05, 0) is 37.1 Å². The molecule has 1 amide bonds. The maximum atomic E-state index is 12.9. The van der Waals surface area contributed by atoms with Crippen molar-refractivity contribution in [3.63, 3.8) is 0 Å². The van der Waals surface area contributed by atoms with Gasteiger partial charge in [-0.3, -0.25) is 10.1 Å². The van der Waals surface area contributed by atoms with Gasteiger partial charge in [0.05, 0.1) is 25.6 Å². The Morgan fingerprint density at radius 1 is 1.06 bits per heavy atom. The molecule has 0 aliphatic rings. The van der Waals surface area contributed by atoms with Gasteiger partial charge in [0.2, 0.25) is 0 Å². The normalized spacial score (nSPS) is 10.8. The van der Waals surface area contributed by atoms with E-state index in [1.54, 1.807) is 14.2 Å². The minimum atomic E-state index is -0.213. The van der Waals surface area contributed by atoms with Crippen LogP contribution in [-0.2, 0) is 6.42 Å². The van der Waals surface area contributed by atoms with Crippen molar-refractivity contribution >= 4 is 33.7 Å². The van der Waals surface area contributed by atoms with Gasteiger partial charge in [-0.25, -0.2) is 9.97 Å². The highest BCUT2D eigenvalue weighted by molar-refractivity contribution is 7.17. The minimum absolute atomic E-state index is 0.213. The van der Waals surface area contributed by atoms with Crippen LogP contribution < -0.4 is 14.8 Å². The van der Waals surface area contributed by atoms with E-state index in [-0.39, 0.29) is 5.91 Å². The Morgan fingerprint density at radius 2 is 1.84 bits per heavy atom. The Hall–Kier alpha value is -3.23. The average molecular weight is 466 g/mol. The van der Waals surface area contributed by atoms with Gasteiger partial charge in [0, 0.05) is 16.5 Å². The fourth-order valence-electron chi connectivity index (χ4n) is 3.24. The van der Waals surface area contributed by atoms with Gasteiger partial charge in [-0.15, -0.1) is 22.7 Å². The molecule has 2 heterocycles. The summed E-state index contributed by atoms with van der Waals surface area (Å²) in [5.41, 5.74) is 4.49. The second kappa shape index (κ2) is 9.50. The van der Waals surface area contributed by atoms with Gasteiger partial charge < -0.3 is 9.47 Å². The number of amides is 1. The number of aryl methyl sites for hydroxylation is 2. The molecule has 0 atom stereocenters. The number of nitrogens with one attached hydrogen (secondary N) is 1. The molecule has 4 rings (SSSR count). The quantitative estimate of drug-likeness (QED) is 0.358. The van der Waals surface area contributed by atoms with E-state index in [1.807, 2.05) is 42.6 Å². The van der Waals surface area contributed by atoms with Crippen LogP contribution in [0.5, 0.6) is 11.5 Å². The second-order valence-corrected chi connectivity index (χ2v) is 8.90. The summed E-state index contributed by atoms with van der Waals surface area (Å²) in [6.45, 7) is 3.98. The molecule has 2 aromatic carbocycles. The third-order valence-corrected chi connectivity index (χ3v) is 6.98. The molecule has 2 aromatic heterocycles. The van der Waals surface area contributed by atoms with Crippen molar-refractivity contribution in [1.29, 1.82) is 0 Å². The third kappa shape index (κ3) is 4.51. The lowest BCUT2D eigenvalue weighted by atomic mass is 10.1. The Bertz CT molecular complexity index is 1250. The zero-order valence-electron chi connectivity index (χ0n) is 18.3. The van der Waals surface area contributed by atoms with Crippen molar-refractivity contribution in [2.24, 2.45) is 0 Å². The van der Waals surface area contributed by atoms with E-state index in [4.69, 9.17) is 9.47 Å². The van der Waals surface area contributed by atoms with Crippen molar-refractivity contribution < 1.29 is 14.3 Å². The fraction of sp³-hybridized carbons (Fsp3) is 0.208. The van der Waals surface area contributed by atoms with Crippen LogP contribution >= 0.6 is 22.7 Å². The van der Waals surface area contributed by atoms with E-state index in [0.29, 0.717) is 32.9 Å². The van der Waals surface area contributed by atoms with Gasteiger partial charge in [0.25, 0.3) is 5.91 Å². The molecule has 0 spiro atoms. The van der Waals surface area contributed by atoms with Gasteiger partial charge in [0.15, 0.2) is 5.13 Å². The van der Waals surface area contributed by atoms with Crippen molar-refractivity contribution in [1.82, 2.24) is 9.97 Å². The molecule has 1 N–H and O–H groups in total. The smallest absolute Gasteiger partial charge is 0.269 e. The Kier molecular flexibility index (Phi) is 6.53. The van der Waals surface area contributed by atoms with Crippen LogP contribution in [0.1, 0.15) is 27.9 Å². The summed E-state index contributed by atoms with van der Waals surface area (Å²) in [6, 6.07) is 13.8. The van der Waals surface area contributed by atoms with E-state index in [0.717, 1.165) is 22.6 Å². The van der Waals surface area contributed by atoms with Crippen LogP contribution in [0.2, 0.25) is 0 Å². The number of methoxy groups -OCH3 is 2. The third-order valence-electron chi connectivity index (χ3n) is 5.02. The van der Waals surface area contributed by atoms with Gasteiger partial charge in [-0.2, -0.15) is 0 Å². The first kappa shape index (κ1) is 22.0. The lowest BCUT2D eigenvalue weighted by Crippen LogP contribution is -2.11. The topological polar surface area (TPSA) is 73.3 Å². The molecular weight excluding hydrogens is 442 g/mol. The first-order chi connectivity index (χ1) is 15.5. The number of carbonyl (C=O) groups excluding carboxylic acids is 1. The van der Waals surface area contributed by atoms with Gasteiger partial charge >= 0.3 is 0 Å². The zero-order chi connectivity index (χ0) is 22.7. The van der Waals surface area contributed by atoms with Crippen LogP contribution in [0.25, 0.3) is 21.8 Å². The summed E-state index contributed by atoms with van der Waals surface area (Å²) in [6.07, 6.45) is 0.988. The van der Waals surface area contributed by atoms with Crippen molar-refractivity contribution in [3.05, 3.63) is 64.0 Å². The largest absolute Gasteiger partial charge is 0.497 e. The van der Waals surface area contributed by atoms with Crippen LogP contribution in [0.4, 0.5) is 5.13 Å². The molecule has 0 saturated carbocycles. The van der Waals surface area contributed by atoms with Crippen molar-refractivity contribution in [3.8, 4) is 33.3 Å². The molecule has 0 bridgehead atoms. The van der Waals surface area contributed by atoms with Crippen LogP contribution in [-0.4, -0.2) is 30.1 Å². The predicted molar refractivity (Wildman–Crippen MR) is 130 cm³/mol. The molecule has 0 fully saturated rings. The number of nitrogens with zero attached hydrogens (tertiary/aromatic N) is 2. The van der Waals surface area contributed by atoms with E-state index >= 15 is 0 Å². The molecule has 0 aliphatic heterocycles. The first-order valence-corrected chi connectivity index (χ1v) is 11.8. The van der Waals surface area contributed by atoms with Crippen LogP contribution in [0.3, 0.4) is 0 Å². The molecule has 4 aromatic rings. The van der Waals surface area contributed by atoms with Gasteiger partial charge in [-0.1, -0.05) is 31.2 Å². The summed E-state index contributed by atoms with van der Waals surface area (Å²) in [4.78, 5) is 22.7. The zero-order valence-corrected chi connectivity index (χ0v) is 19.9. The Labute approximate surface area is 194 Å². The number of aromatic nitrogens is 2. The maximum absolute atomic E-state index is 12.9. The van der Waals surface area contributed by atoms with Crippen LogP contribution in [0.15, 0.2) is 47.8 Å². The van der Waals surface area contributed by atoms with Crippen LogP contribution in [0, 0.1) is 6.92 Å². The molecule has 0 saturated heterocycles.